The smallest absolute Gasteiger partial charge is 0.231 e. The molecule has 10 heteroatoms. The van der Waals surface area contributed by atoms with Crippen LogP contribution in [0.25, 0.3) is 21.0 Å². The minimum Gasteiger partial charge on any atom is -0.420 e. The first-order valence-corrected chi connectivity index (χ1v) is 11.5. The first-order valence-electron chi connectivity index (χ1n) is 10.3. The number of halogens is 1. The molecule has 1 aromatic carbocycles. The third-order valence-electron chi connectivity index (χ3n) is 5.26. The van der Waals surface area contributed by atoms with Gasteiger partial charge in [0.25, 0.3) is 0 Å². The van der Waals surface area contributed by atoms with E-state index < -0.39 is 6.23 Å². The van der Waals surface area contributed by atoms with Crippen LogP contribution in [0.2, 0.25) is 5.28 Å². The van der Waals surface area contributed by atoms with Crippen molar-refractivity contribution in [3.05, 3.63) is 46.2 Å². The number of aromatic nitrogens is 3. The van der Waals surface area contributed by atoms with E-state index in [0.29, 0.717) is 30.5 Å². The average Bonchev–Trinajstić information content (AvgIpc) is 3.09. The van der Waals surface area contributed by atoms with Crippen LogP contribution in [-0.4, -0.2) is 39.3 Å². The zero-order valence-corrected chi connectivity index (χ0v) is 19.1. The van der Waals surface area contributed by atoms with Gasteiger partial charge in [-0.25, -0.2) is 9.97 Å². The topological polar surface area (TPSA) is 101 Å². The first-order chi connectivity index (χ1) is 15.5. The number of hydrogen-bond donors (Lipinski definition) is 3. The molecular formula is C22H22ClN5O3S. The number of benzene rings is 1. The van der Waals surface area contributed by atoms with E-state index in [4.69, 9.17) is 21.1 Å². The van der Waals surface area contributed by atoms with E-state index in [2.05, 4.69) is 25.6 Å². The van der Waals surface area contributed by atoms with E-state index in [1.165, 1.54) is 0 Å². The van der Waals surface area contributed by atoms with Crippen molar-refractivity contribution < 1.29 is 14.6 Å². The van der Waals surface area contributed by atoms with E-state index in [1.54, 1.807) is 23.6 Å². The van der Waals surface area contributed by atoms with Gasteiger partial charge in [0, 0.05) is 46.9 Å². The quantitative estimate of drug-likeness (QED) is 0.362. The van der Waals surface area contributed by atoms with E-state index >= 15 is 0 Å². The lowest BCUT2D eigenvalue weighted by Crippen LogP contribution is -2.32. The van der Waals surface area contributed by atoms with Gasteiger partial charge in [-0.2, -0.15) is 4.98 Å². The summed E-state index contributed by atoms with van der Waals surface area (Å²) < 4.78 is 12.5. The number of aliphatic hydroxyl groups excluding tert-OH is 1. The van der Waals surface area contributed by atoms with Crippen LogP contribution < -0.4 is 15.4 Å². The average molecular weight is 472 g/mol. The normalized spacial score (nSPS) is 18.4. The second kappa shape index (κ2) is 8.76. The maximum atomic E-state index is 10.6. The van der Waals surface area contributed by atoms with E-state index in [-0.39, 0.29) is 11.3 Å². The van der Waals surface area contributed by atoms with E-state index in [0.717, 1.165) is 38.1 Å². The highest BCUT2D eigenvalue weighted by atomic mass is 35.5. The summed E-state index contributed by atoms with van der Waals surface area (Å²) in [7, 11) is 0. The fraction of sp³-hybridized carbons (Fsp3) is 0.318. The van der Waals surface area contributed by atoms with Gasteiger partial charge in [0.15, 0.2) is 0 Å². The number of rotatable bonds is 5. The summed E-state index contributed by atoms with van der Waals surface area (Å²) in [6.45, 7) is 5.56. The number of fused-ring (bicyclic) bond motifs is 5. The molecule has 3 aromatic heterocycles. The Morgan fingerprint density at radius 2 is 2.12 bits per heavy atom. The molecule has 0 amide bonds. The van der Waals surface area contributed by atoms with Crippen LogP contribution in [-0.2, 0) is 11.3 Å². The van der Waals surface area contributed by atoms with Crippen LogP contribution in [0.5, 0.6) is 11.8 Å². The molecule has 0 fully saturated rings. The Kier molecular flexibility index (Phi) is 5.83. The van der Waals surface area contributed by atoms with Gasteiger partial charge in [0.2, 0.25) is 17.0 Å². The summed E-state index contributed by atoms with van der Waals surface area (Å²) in [6.07, 6.45) is 0.890. The molecule has 4 heterocycles. The molecule has 2 atom stereocenters. The zero-order chi connectivity index (χ0) is 22.2. The number of nitrogens with zero attached hydrogens (tertiary/aromatic N) is 3. The minimum absolute atomic E-state index is 0.0937. The SMILES string of the molecule is CCOCc1cnc(Cl)nc1Oc1ccc2c(ccc3sc4c(c32)NC[C@@H](C)NC4O)n1. The standard InChI is InChI=1S/C22H22ClN5O3S/c1-3-30-10-12-9-25-22(23)28-21(12)31-16-7-4-13-14(27-16)5-6-15-17(13)18-19(32-15)20(29)26-11(2)8-24-18/h4-7,9,11,20,24,26,29H,3,8,10H2,1-2H3/t11-,20?/m1/s1. The fourth-order valence-corrected chi connectivity index (χ4v) is 5.02. The molecule has 0 radical (unpaired) electrons. The Bertz CT molecular complexity index is 1300. The molecule has 0 aliphatic carbocycles. The van der Waals surface area contributed by atoms with Gasteiger partial charge in [-0.05, 0) is 43.6 Å². The van der Waals surface area contributed by atoms with Gasteiger partial charge in [-0.15, -0.1) is 11.3 Å². The van der Waals surface area contributed by atoms with Crippen LogP contribution in [0.4, 0.5) is 5.69 Å². The highest BCUT2D eigenvalue weighted by Gasteiger charge is 2.25. The van der Waals surface area contributed by atoms with Crippen molar-refractivity contribution in [2.75, 3.05) is 18.5 Å². The predicted molar refractivity (Wildman–Crippen MR) is 126 cm³/mol. The molecule has 4 aromatic rings. The number of thiophene rings is 1. The lowest BCUT2D eigenvalue weighted by Gasteiger charge is -2.13. The molecule has 0 spiro atoms. The molecule has 3 N–H and O–H groups in total. The highest BCUT2D eigenvalue weighted by Crippen LogP contribution is 2.43. The summed E-state index contributed by atoms with van der Waals surface area (Å²) in [4.78, 5) is 13.8. The van der Waals surface area contributed by atoms with Crippen molar-refractivity contribution in [2.45, 2.75) is 32.7 Å². The Hall–Kier alpha value is -2.56. The molecule has 1 aliphatic rings. The Balaban J connectivity index is 1.55. The second-order valence-electron chi connectivity index (χ2n) is 7.56. The van der Waals surface area contributed by atoms with Crippen LogP contribution in [0.15, 0.2) is 30.5 Å². The third-order valence-corrected chi connectivity index (χ3v) is 6.65. The maximum absolute atomic E-state index is 10.6. The van der Waals surface area contributed by atoms with Crippen molar-refractivity contribution >= 4 is 49.6 Å². The molecule has 32 heavy (non-hydrogen) atoms. The molecule has 8 nitrogen and oxygen atoms in total. The molecule has 1 unspecified atom stereocenters. The largest absolute Gasteiger partial charge is 0.420 e. The van der Waals surface area contributed by atoms with E-state index in [1.807, 2.05) is 32.0 Å². The predicted octanol–water partition coefficient (Wildman–Crippen LogP) is 4.62. The summed E-state index contributed by atoms with van der Waals surface area (Å²) >= 11 is 7.55. The molecule has 0 saturated heterocycles. The lowest BCUT2D eigenvalue weighted by molar-refractivity contribution is 0.131. The van der Waals surface area contributed by atoms with Gasteiger partial charge in [0.1, 0.15) is 6.23 Å². The van der Waals surface area contributed by atoms with Gasteiger partial charge in [-0.1, -0.05) is 0 Å². The Morgan fingerprint density at radius 1 is 1.25 bits per heavy atom. The monoisotopic (exact) mass is 471 g/mol. The van der Waals surface area contributed by atoms with Gasteiger partial charge in [0.05, 0.1) is 28.3 Å². The van der Waals surface area contributed by atoms with Crippen LogP contribution in [0, 0.1) is 0 Å². The van der Waals surface area contributed by atoms with Crippen molar-refractivity contribution in [2.24, 2.45) is 0 Å². The molecule has 166 valence electrons. The Morgan fingerprint density at radius 3 is 2.97 bits per heavy atom. The first kappa shape index (κ1) is 21.3. The maximum Gasteiger partial charge on any atom is 0.231 e. The van der Waals surface area contributed by atoms with Crippen molar-refractivity contribution in [1.82, 2.24) is 20.3 Å². The summed E-state index contributed by atoms with van der Waals surface area (Å²) in [5.74, 6) is 0.717. The highest BCUT2D eigenvalue weighted by molar-refractivity contribution is 7.20. The molecule has 1 aliphatic heterocycles. The molecular weight excluding hydrogens is 450 g/mol. The number of aliphatic hydroxyl groups is 1. The van der Waals surface area contributed by atoms with Gasteiger partial charge >= 0.3 is 0 Å². The molecule has 0 bridgehead atoms. The van der Waals surface area contributed by atoms with E-state index in [9.17, 15) is 5.11 Å². The Labute approximate surface area is 193 Å². The summed E-state index contributed by atoms with van der Waals surface area (Å²) in [6, 6.07) is 7.91. The number of nitrogens with one attached hydrogen (secondary N) is 2. The van der Waals surface area contributed by atoms with Gasteiger partial charge in [-0.3, -0.25) is 5.32 Å². The molecule has 0 saturated carbocycles. The second-order valence-corrected chi connectivity index (χ2v) is 8.98. The number of pyridine rings is 1. The molecule has 5 rings (SSSR count). The van der Waals surface area contributed by atoms with Crippen molar-refractivity contribution in [3.63, 3.8) is 0 Å². The summed E-state index contributed by atoms with van der Waals surface area (Å²) in [5.41, 5.74) is 2.43. The van der Waals surface area contributed by atoms with Crippen LogP contribution in [0.1, 0.15) is 30.5 Å². The number of ether oxygens (including phenoxy) is 2. The van der Waals surface area contributed by atoms with Crippen molar-refractivity contribution in [3.8, 4) is 11.8 Å². The van der Waals surface area contributed by atoms with Crippen LogP contribution >= 0.6 is 22.9 Å². The number of hydrogen-bond acceptors (Lipinski definition) is 9. The number of anilines is 1. The minimum atomic E-state index is -0.704. The zero-order valence-electron chi connectivity index (χ0n) is 17.6. The fourth-order valence-electron chi connectivity index (χ4n) is 3.75. The summed E-state index contributed by atoms with van der Waals surface area (Å²) in [5, 5.41) is 19.4. The van der Waals surface area contributed by atoms with Crippen molar-refractivity contribution in [1.29, 1.82) is 0 Å². The lowest BCUT2D eigenvalue weighted by atomic mass is 10.1. The third kappa shape index (κ3) is 3.98. The van der Waals surface area contributed by atoms with Gasteiger partial charge < -0.3 is 19.9 Å². The van der Waals surface area contributed by atoms with Crippen LogP contribution in [0.3, 0.4) is 0 Å².